The van der Waals surface area contributed by atoms with Crippen LogP contribution in [0.2, 0.25) is 0 Å². The quantitative estimate of drug-likeness (QED) is 0.553. The molecular formula is C19H22N2O2. The lowest BCUT2D eigenvalue weighted by Crippen LogP contribution is -2.28. The van der Waals surface area contributed by atoms with Gasteiger partial charge in [-0.3, -0.25) is 4.79 Å². The van der Waals surface area contributed by atoms with Gasteiger partial charge in [-0.15, -0.1) is 6.58 Å². The van der Waals surface area contributed by atoms with Crippen molar-refractivity contribution in [2.45, 2.75) is 6.42 Å². The molecule has 0 aliphatic carbocycles. The molecule has 0 unspecified atom stereocenters. The fraction of sp³-hybridized carbons (Fsp3) is 0.211. The Kier molecular flexibility index (Phi) is 6.88. The molecule has 0 saturated carbocycles. The van der Waals surface area contributed by atoms with E-state index in [2.05, 4.69) is 29.3 Å². The second-order valence-corrected chi connectivity index (χ2v) is 5.08. The number of amides is 1. The first-order valence-electron chi connectivity index (χ1n) is 7.66. The van der Waals surface area contributed by atoms with Gasteiger partial charge in [0, 0.05) is 18.7 Å². The maximum Gasteiger partial charge on any atom is 0.238 e. The van der Waals surface area contributed by atoms with Crippen molar-refractivity contribution in [2.75, 3.05) is 25.0 Å². The molecule has 4 heteroatoms. The number of carbonyl (C=O) groups excluding carboxylic acids is 1. The Hall–Kier alpha value is -2.59. The average Bonchev–Trinajstić information content (AvgIpc) is 2.58. The number of benzene rings is 2. The highest BCUT2D eigenvalue weighted by Gasteiger charge is 2.02. The van der Waals surface area contributed by atoms with E-state index >= 15 is 0 Å². The summed E-state index contributed by atoms with van der Waals surface area (Å²) in [6, 6.07) is 17.6. The number of hydrogen-bond donors (Lipinski definition) is 2. The predicted octanol–water partition coefficient (Wildman–Crippen LogP) is 3.02. The molecule has 0 aliphatic rings. The van der Waals surface area contributed by atoms with Gasteiger partial charge in [0.25, 0.3) is 0 Å². The average molecular weight is 310 g/mol. The first-order valence-corrected chi connectivity index (χ1v) is 7.66. The third-order valence-corrected chi connectivity index (χ3v) is 3.21. The first kappa shape index (κ1) is 16.8. The van der Waals surface area contributed by atoms with Crippen molar-refractivity contribution in [1.82, 2.24) is 5.32 Å². The van der Waals surface area contributed by atoms with E-state index < -0.39 is 0 Å². The zero-order valence-corrected chi connectivity index (χ0v) is 13.1. The minimum atomic E-state index is -0.0791. The fourth-order valence-electron chi connectivity index (χ4n) is 2.06. The molecule has 1 amide bonds. The Bertz CT molecular complexity index is 609. The number of carbonyl (C=O) groups is 1. The minimum absolute atomic E-state index is 0.0791. The standard InChI is InChI=1S/C19H22N2O2/c1-2-13-20-15-19(22)21-17-8-10-18(11-9-17)23-14-12-16-6-4-3-5-7-16/h2-11,20H,1,12-15H2,(H,21,22). The van der Waals surface area contributed by atoms with Gasteiger partial charge in [-0.1, -0.05) is 36.4 Å². The van der Waals surface area contributed by atoms with Crippen LogP contribution in [-0.2, 0) is 11.2 Å². The second kappa shape index (κ2) is 9.43. The number of hydrogen-bond acceptors (Lipinski definition) is 3. The summed E-state index contributed by atoms with van der Waals surface area (Å²) in [5.74, 6) is 0.716. The normalized spacial score (nSPS) is 10.1. The summed E-state index contributed by atoms with van der Waals surface area (Å²) in [7, 11) is 0. The third kappa shape index (κ3) is 6.36. The fourth-order valence-corrected chi connectivity index (χ4v) is 2.06. The number of ether oxygens (including phenoxy) is 1. The summed E-state index contributed by atoms with van der Waals surface area (Å²) in [5, 5.41) is 5.77. The van der Waals surface area contributed by atoms with E-state index in [9.17, 15) is 4.79 Å². The van der Waals surface area contributed by atoms with Crippen molar-refractivity contribution in [1.29, 1.82) is 0 Å². The SMILES string of the molecule is C=CCNCC(=O)Nc1ccc(OCCc2ccccc2)cc1. The highest BCUT2D eigenvalue weighted by molar-refractivity contribution is 5.92. The predicted molar refractivity (Wildman–Crippen MR) is 93.8 cm³/mol. The molecule has 0 spiro atoms. The molecule has 23 heavy (non-hydrogen) atoms. The summed E-state index contributed by atoms with van der Waals surface area (Å²) in [6.45, 7) is 5.09. The van der Waals surface area contributed by atoms with Crippen molar-refractivity contribution >= 4 is 11.6 Å². The van der Waals surface area contributed by atoms with Crippen LogP contribution < -0.4 is 15.4 Å². The van der Waals surface area contributed by atoms with Crippen molar-refractivity contribution in [3.63, 3.8) is 0 Å². The maximum atomic E-state index is 11.7. The van der Waals surface area contributed by atoms with Gasteiger partial charge in [-0.05, 0) is 29.8 Å². The molecule has 120 valence electrons. The lowest BCUT2D eigenvalue weighted by molar-refractivity contribution is -0.115. The molecule has 2 N–H and O–H groups in total. The summed E-state index contributed by atoms with van der Waals surface area (Å²) < 4.78 is 5.71. The molecule has 2 rings (SSSR count). The van der Waals surface area contributed by atoms with Gasteiger partial charge in [-0.2, -0.15) is 0 Å². The van der Waals surface area contributed by atoms with Crippen molar-refractivity contribution in [2.24, 2.45) is 0 Å². The van der Waals surface area contributed by atoms with E-state index in [-0.39, 0.29) is 12.5 Å². The number of nitrogens with one attached hydrogen (secondary N) is 2. The Morgan fingerprint density at radius 2 is 1.83 bits per heavy atom. The lowest BCUT2D eigenvalue weighted by Gasteiger charge is -2.09. The topological polar surface area (TPSA) is 50.4 Å². The van der Waals surface area contributed by atoms with Gasteiger partial charge in [0.15, 0.2) is 0 Å². The van der Waals surface area contributed by atoms with Crippen LogP contribution >= 0.6 is 0 Å². The summed E-state index contributed by atoms with van der Waals surface area (Å²) in [4.78, 5) is 11.7. The maximum absolute atomic E-state index is 11.7. The van der Waals surface area contributed by atoms with Crippen molar-refractivity contribution in [3.05, 3.63) is 72.8 Å². The highest BCUT2D eigenvalue weighted by atomic mass is 16.5. The summed E-state index contributed by atoms with van der Waals surface area (Å²) in [5.41, 5.74) is 2.01. The monoisotopic (exact) mass is 310 g/mol. The highest BCUT2D eigenvalue weighted by Crippen LogP contribution is 2.16. The minimum Gasteiger partial charge on any atom is -0.493 e. The Morgan fingerprint density at radius 1 is 1.09 bits per heavy atom. The molecule has 2 aromatic rings. The molecule has 0 heterocycles. The van der Waals surface area contributed by atoms with E-state index in [0.29, 0.717) is 13.2 Å². The lowest BCUT2D eigenvalue weighted by atomic mass is 10.2. The van der Waals surface area contributed by atoms with Crippen LogP contribution in [0.15, 0.2) is 67.3 Å². The smallest absolute Gasteiger partial charge is 0.238 e. The summed E-state index contributed by atoms with van der Waals surface area (Å²) in [6.07, 6.45) is 2.59. The number of rotatable bonds is 9. The van der Waals surface area contributed by atoms with Crippen LogP contribution in [0, 0.1) is 0 Å². The van der Waals surface area contributed by atoms with E-state index in [4.69, 9.17) is 4.74 Å². The van der Waals surface area contributed by atoms with Gasteiger partial charge in [0.2, 0.25) is 5.91 Å². The molecule has 0 fully saturated rings. The van der Waals surface area contributed by atoms with E-state index in [1.807, 2.05) is 42.5 Å². The zero-order valence-electron chi connectivity index (χ0n) is 13.1. The van der Waals surface area contributed by atoms with Crippen molar-refractivity contribution < 1.29 is 9.53 Å². The Balaban J connectivity index is 1.73. The van der Waals surface area contributed by atoms with Gasteiger partial charge in [-0.25, -0.2) is 0 Å². The van der Waals surface area contributed by atoms with Crippen LogP contribution in [0.1, 0.15) is 5.56 Å². The molecule has 2 aromatic carbocycles. The van der Waals surface area contributed by atoms with E-state index in [0.717, 1.165) is 17.9 Å². The number of anilines is 1. The molecule has 0 bridgehead atoms. The molecule has 0 aromatic heterocycles. The van der Waals surface area contributed by atoms with Crippen LogP contribution in [0.4, 0.5) is 5.69 Å². The molecule has 0 saturated heterocycles. The third-order valence-electron chi connectivity index (χ3n) is 3.21. The second-order valence-electron chi connectivity index (χ2n) is 5.08. The zero-order chi connectivity index (χ0) is 16.3. The van der Waals surface area contributed by atoms with E-state index in [1.165, 1.54) is 5.56 Å². The van der Waals surface area contributed by atoms with Crippen LogP contribution in [0.25, 0.3) is 0 Å². The van der Waals surface area contributed by atoms with Crippen molar-refractivity contribution in [3.8, 4) is 5.75 Å². The Labute approximate surface area is 137 Å². The van der Waals surface area contributed by atoms with Crippen LogP contribution in [0.5, 0.6) is 5.75 Å². The molecule has 0 atom stereocenters. The molecule has 4 nitrogen and oxygen atoms in total. The molecular weight excluding hydrogens is 288 g/mol. The van der Waals surface area contributed by atoms with Gasteiger partial charge >= 0.3 is 0 Å². The summed E-state index contributed by atoms with van der Waals surface area (Å²) >= 11 is 0. The Morgan fingerprint density at radius 3 is 2.52 bits per heavy atom. The molecule has 0 radical (unpaired) electrons. The van der Waals surface area contributed by atoms with Gasteiger partial charge in [0.1, 0.15) is 5.75 Å². The largest absolute Gasteiger partial charge is 0.493 e. The first-order chi connectivity index (χ1) is 11.3. The van der Waals surface area contributed by atoms with Crippen LogP contribution in [-0.4, -0.2) is 25.6 Å². The van der Waals surface area contributed by atoms with Crippen LogP contribution in [0.3, 0.4) is 0 Å². The molecule has 0 aliphatic heterocycles. The van der Waals surface area contributed by atoms with Gasteiger partial charge in [0.05, 0.1) is 13.2 Å². The van der Waals surface area contributed by atoms with E-state index in [1.54, 1.807) is 6.08 Å². The van der Waals surface area contributed by atoms with Gasteiger partial charge < -0.3 is 15.4 Å².